The first-order valence-corrected chi connectivity index (χ1v) is 6.39. The third kappa shape index (κ3) is 2.08. The van der Waals surface area contributed by atoms with Crippen LogP contribution in [0, 0.1) is 17.0 Å². The van der Waals surface area contributed by atoms with Crippen molar-refractivity contribution in [2.24, 2.45) is 0 Å². The number of non-ortho nitro benzene ring substituents is 1. The Morgan fingerprint density at radius 3 is 2.70 bits per heavy atom. The van der Waals surface area contributed by atoms with E-state index >= 15 is 0 Å². The lowest BCUT2D eigenvalue weighted by molar-refractivity contribution is -0.384. The minimum Gasteiger partial charge on any atom is -0.386 e. The van der Waals surface area contributed by atoms with Gasteiger partial charge in [-0.2, -0.15) is 0 Å². The topological polar surface area (TPSA) is 79.5 Å². The van der Waals surface area contributed by atoms with Gasteiger partial charge in [-0.25, -0.2) is 0 Å². The van der Waals surface area contributed by atoms with Crippen molar-refractivity contribution in [3.8, 4) is 0 Å². The van der Waals surface area contributed by atoms with Crippen molar-refractivity contribution in [1.82, 2.24) is 4.98 Å². The molecule has 0 radical (unpaired) electrons. The number of β-amino-alcohol motifs (C(OH)–C–C–N with tert-alkyl or cyclic N) is 1. The highest BCUT2D eigenvalue weighted by Crippen LogP contribution is 2.34. The number of rotatable bonds is 2. The third-order valence-corrected chi connectivity index (χ3v) is 3.51. The molecule has 6 heteroatoms. The van der Waals surface area contributed by atoms with Gasteiger partial charge in [-0.05, 0) is 26.0 Å². The number of pyridine rings is 1. The number of hydrogen-bond donors (Lipinski definition) is 1. The van der Waals surface area contributed by atoms with E-state index in [2.05, 4.69) is 4.98 Å². The van der Waals surface area contributed by atoms with E-state index in [0.29, 0.717) is 13.1 Å². The van der Waals surface area contributed by atoms with Crippen LogP contribution in [-0.4, -0.2) is 33.7 Å². The molecule has 6 nitrogen and oxygen atoms in total. The van der Waals surface area contributed by atoms with Crippen LogP contribution in [0.25, 0.3) is 10.9 Å². The van der Waals surface area contributed by atoms with Gasteiger partial charge in [0.25, 0.3) is 5.69 Å². The summed E-state index contributed by atoms with van der Waals surface area (Å²) in [5, 5.41) is 21.5. The number of anilines is 1. The van der Waals surface area contributed by atoms with Crippen molar-refractivity contribution < 1.29 is 10.0 Å². The third-order valence-electron chi connectivity index (χ3n) is 3.51. The summed E-state index contributed by atoms with van der Waals surface area (Å²) in [6.45, 7) is 4.72. The molecule has 1 aliphatic rings. The minimum atomic E-state index is -0.690. The molecular weight excluding hydrogens is 258 g/mol. The number of nitro groups is 1. The predicted molar refractivity (Wildman–Crippen MR) is 76.0 cm³/mol. The van der Waals surface area contributed by atoms with Crippen LogP contribution >= 0.6 is 0 Å². The molecule has 1 N–H and O–H groups in total. The molecule has 0 bridgehead atoms. The van der Waals surface area contributed by atoms with Crippen LogP contribution in [0.2, 0.25) is 0 Å². The highest BCUT2D eigenvalue weighted by molar-refractivity contribution is 5.94. The fourth-order valence-electron chi connectivity index (χ4n) is 2.65. The van der Waals surface area contributed by atoms with E-state index in [0.717, 1.165) is 22.3 Å². The summed E-state index contributed by atoms with van der Waals surface area (Å²) in [4.78, 5) is 16.9. The van der Waals surface area contributed by atoms with Gasteiger partial charge in [0, 0.05) is 42.0 Å². The Hall–Kier alpha value is -2.21. The van der Waals surface area contributed by atoms with E-state index < -0.39 is 10.5 Å². The molecule has 0 atom stereocenters. The van der Waals surface area contributed by atoms with Crippen LogP contribution in [0.15, 0.2) is 24.3 Å². The Labute approximate surface area is 115 Å². The van der Waals surface area contributed by atoms with Gasteiger partial charge in [0.05, 0.1) is 16.0 Å². The zero-order valence-corrected chi connectivity index (χ0v) is 11.3. The molecular formula is C14H15N3O3. The molecule has 0 aliphatic carbocycles. The summed E-state index contributed by atoms with van der Waals surface area (Å²) in [5.41, 5.74) is 1.84. The summed E-state index contributed by atoms with van der Waals surface area (Å²) in [5.74, 6) is 0. The van der Waals surface area contributed by atoms with Crippen molar-refractivity contribution in [2.45, 2.75) is 19.4 Å². The average molecular weight is 273 g/mol. The number of aryl methyl sites for hydroxylation is 1. The van der Waals surface area contributed by atoms with Gasteiger partial charge in [0.2, 0.25) is 0 Å². The fourth-order valence-corrected chi connectivity index (χ4v) is 2.65. The molecule has 104 valence electrons. The molecule has 1 aliphatic heterocycles. The largest absolute Gasteiger partial charge is 0.386 e. The highest BCUT2D eigenvalue weighted by atomic mass is 16.6. The molecule has 3 rings (SSSR count). The van der Waals surface area contributed by atoms with E-state index in [1.807, 2.05) is 17.9 Å². The summed E-state index contributed by atoms with van der Waals surface area (Å²) in [6.07, 6.45) is 0. The molecule has 0 spiro atoms. The monoisotopic (exact) mass is 273 g/mol. The highest BCUT2D eigenvalue weighted by Gasteiger charge is 2.37. The average Bonchev–Trinajstić information content (AvgIpc) is 2.34. The minimum absolute atomic E-state index is 0.0525. The molecule has 0 unspecified atom stereocenters. The first-order chi connectivity index (χ1) is 9.35. The van der Waals surface area contributed by atoms with E-state index in [9.17, 15) is 15.2 Å². The lowest BCUT2D eigenvalue weighted by Gasteiger charge is -2.46. The summed E-state index contributed by atoms with van der Waals surface area (Å²) in [6, 6.07) is 6.58. The van der Waals surface area contributed by atoms with Crippen LogP contribution in [0.4, 0.5) is 11.4 Å². The van der Waals surface area contributed by atoms with Gasteiger partial charge in [-0.1, -0.05) is 0 Å². The van der Waals surface area contributed by atoms with Crippen molar-refractivity contribution >= 4 is 22.3 Å². The number of fused-ring (bicyclic) bond motifs is 1. The van der Waals surface area contributed by atoms with Crippen LogP contribution in [0.3, 0.4) is 0 Å². The van der Waals surface area contributed by atoms with E-state index in [1.54, 1.807) is 19.1 Å². The summed E-state index contributed by atoms with van der Waals surface area (Å²) < 4.78 is 0. The zero-order chi connectivity index (χ0) is 14.5. The Balaban J connectivity index is 2.14. The van der Waals surface area contributed by atoms with Crippen molar-refractivity contribution in [3.63, 3.8) is 0 Å². The Bertz CT molecular complexity index is 704. The van der Waals surface area contributed by atoms with Gasteiger partial charge in [-0.15, -0.1) is 0 Å². The maximum absolute atomic E-state index is 10.9. The molecule has 0 saturated carbocycles. The van der Waals surface area contributed by atoms with Gasteiger partial charge >= 0.3 is 0 Å². The zero-order valence-electron chi connectivity index (χ0n) is 11.3. The molecule has 2 heterocycles. The smallest absolute Gasteiger partial charge is 0.270 e. The Morgan fingerprint density at radius 2 is 2.10 bits per heavy atom. The second kappa shape index (κ2) is 4.14. The summed E-state index contributed by atoms with van der Waals surface area (Å²) >= 11 is 0. The number of nitro benzene ring substituents is 1. The summed E-state index contributed by atoms with van der Waals surface area (Å²) in [7, 11) is 0. The standard InChI is InChI=1S/C14H15N3O3/c1-9-5-13(16-7-14(2,18)8-16)11-6-10(17(19)20)3-4-12(11)15-9/h3-6,18H,7-8H2,1-2H3. The quantitative estimate of drug-likeness (QED) is 0.669. The maximum Gasteiger partial charge on any atom is 0.270 e. The number of aromatic nitrogens is 1. The molecule has 1 saturated heterocycles. The molecule has 2 aromatic rings. The lowest BCUT2D eigenvalue weighted by Crippen LogP contribution is -2.60. The number of aliphatic hydroxyl groups is 1. The predicted octanol–water partition coefficient (Wildman–Crippen LogP) is 2.02. The molecule has 1 aromatic carbocycles. The van der Waals surface area contributed by atoms with Crippen LogP contribution < -0.4 is 4.90 Å². The molecule has 20 heavy (non-hydrogen) atoms. The van der Waals surface area contributed by atoms with Gasteiger partial charge < -0.3 is 10.0 Å². The SMILES string of the molecule is Cc1cc(N2CC(C)(O)C2)c2cc([N+](=O)[O-])ccc2n1. The van der Waals surface area contributed by atoms with Gasteiger partial charge in [0.15, 0.2) is 0 Å². The Kier molecular flexibility index (Phi) is 2.65. The Morgan fingerprint density at radius 1 is 1.40 bits per heavy atom. The van der Waals surface area contributed by atoms with Crippen molar-refractivity contribution in [1.29, 1.82) is 0 Å². The number of nitrogens with zero attached hydrogens (tertiary/aromatic N) is 3. The van der Waals surface area contributed by atoms with Gasteiger partial charge in [-0.3, -0.25) is 15.1 Å². The molecule has 0 amide bonds. The van der Waals surface area contributed by atoms with E-state index in [4.69, 9.17) is 0 Å². The normalized spacial score (nSPS) is 17.1. The first-order valence-electron chi connectivity index (χ1n) is 6.39. The molecule has 1 aromatic heterocycles. The van der Waals surface area contributed by atoms with E-state index in [1.165, 1.54) is 6.07 Å². The van der Waals surface area contributed by atoms with E-state index in [-0.39, 0.29) is 5.69 Å². The van der Waals surface area contributed by atoms with Crippen LogP contribution in [0.5, 0.6) is 0 Å². The van der Waals surface area contributed by atoms with Crippen molar-refractivity contribution in [3.05, 3.63) is 40.1 Å². The first kappa shape index (κ1) is 12.8. The van der Waals surface area contributed by atoms with Crippen LogP contribution in [-0.2, 0) is 0 Å². The van der Waals surface area contributed by atoms with Crippen LogP contribution in [0.1, 0.15) is 12.6 Å². The number of hydrogen-bond acceptors (Lipinski definition) is 5. The second-order valence-corrected chi connectivity index (χ2v) is 5.59. The molecule has 1 fully saturated rings. The van der Waals surface area contributed by atoms with Gasteiger partial charge in [0.1, 0.15) is 0 Å². The second-order valence-electron chi connectivity index (χ2n) is 5.59. The lowest BCUT2D eigenvalue weighted by atomic mass is 9.95. The number of benzene rings is 1. The maximum atomic E-state index is 10.9. The van der Waals surface area contributed by atoms with Crippen molar-refractivity contribution in [2.75, 3.05) is 18.0 Å². The fraction of sp³-hybridized carbons (Fsp3) is 0.357.